The third-order valence-corrected chi connectivity index (χ3v) is 6.49. The molecule has 0 fully saturated rings. The monoisotopic (exact) mass is 421 g/mol. The molecule has 4 rings (SSSR count). The number of rotatable bonds is 4. The van der Waals surface area contributed by atoms with Crippen LogP contribution in [0.25, 0.3) is 0 Å². The minimum Gasteiger partial charge on any atom is -0.497 e. The molecule has 0 saturated carbocycles. The van der Waals surface area contributed by atoms with Gasteiger partial charge in [-0.15, -0.1) is 0 Å². The highest BCUT2D eigenvalue weighted by Crippen LogP contribution is 2.53. The van der Waals surface area contributed by atoms with Crippen molar-refractivity contribution in [2.75, 3.05) is 13.7 Å². The van der Waals surface area contributed by atoms with Crippen molar-refractivity contribution in [2.45, 2.75) is 18.5 Å². The highest BCUT2D eigenvalue weighted by atomic mass is 16.5. The van der Waals surface area contributed by atoms with Crippen LogP contribution in [-0.2, 0) is 6.54 Å². The Kier molecular flexibility index (Phi) is 5.69. The molecule has 6 nitrogen and oxygen atoms in total. The van der Waals surface area contributed by atoms with E-state index in [1.54, 1.807) is 7.11 Å². The van der Waals surface area contributed by atoms with Crippen molar-refractivity contribution in [1.82, 2.24) is 4.90 Å². The Morgan fingerprint density at radius 1 is 1.06 bits per heavy atom. The van der Waals surface area contributed by atoms with E-state index in [1.165, 1.54) is 0 Å². The topological polar surface area (TPSA) is 110 Å². The lowest BCUT2D eigenvalue weighted by Crippen LogP contribution is -2.53. The van der Waals surface area contributed by atoms with Crippen molar-refractivity contribution in [3.05, 3.63) is 89.1 Å². The average molecular weight is 422 g/mol. The van der Waals surface area contributed by atoms with Gasteiger partial charge in [0.1, 0.15) is 5.75 Å². The lowest BCUT2D eigenvalue weighted by atomic mass is 9.56. The summed E-state index contributed by atoms with van der Waals surface area (Å²) >= 11 is 0. The molecular formula is C26H23N5O. The van der Waals surface area contributed by atoms with Gasteiger partial charge in [0, 0.05) is 24.9 Å². The first-order valence-electron chi connectivity index (χ1n) is 10.4. The van der Waals surface area contributed by atoms with Crippen LogP contribution >= 0.6 is 0 Å². The van der Waals surface area contributed by atoms with E-state index in [1.807, 2.05) is 54.7 Å². The van der Waals surface area contributed by atoms with Gasteiger partial charge in [-0.2, -0.15) is 15.8 Å². The standard InChI is InChI=1S/C26H23N5O/c1-32-20-9-7-19(8-10-20)24-23-15-31(14-18-5-3-2-4-6-18)12-11-21(23)22(13-27)25(30)26(24,16-28)17-29/h2-12,23-25H,14-15,30H2,1H3. The van der Waals surface area contributed by atoms with Crippen molar-refractivity contribution in [3.8, 4) is 24.0 Å². The van der Waals surface area contributed by atoms with Gasteiger partial charge in [0.25, 0.3) is 0 Å². The molecule has 1 aliphatic heterocycles. The van der Waals surface area contributed by atoms with Crippen LogP contribution in [0.15, 0.2) is 78.0 Å². The van der Waals surface area contributed by atoms with Gasteiger partial charge in [0.2, 0.25) is 0 Å². The summed E-state index contributed by atoms with van der Waals surface area (Å²) in [4.78, 5) is 2.16. The van der Waals surface area contributed by atoms with Crippen LogP contribution < -0.4 is 10.5 Å². The van der Waals surface area contributed by atoms with Crippen molar-refractivity contribution in [1.29, 1.82) is 15.8 Å². The molecule has 32 heavy (non-hydrogen) atoms. The van der Waals surface area contributed by atoms with Crippen LogP contribution in [0.3, 0.4) is 0 Å². The summed E-state index contributed by atoms with van der Waals surface area (Å²) in [5.41, 5.74) is 8.00. The Morgan fingerprint density at radius 2 is 1.75 bits per heavy atom. The highest BCUT2D eigenvalue weighted by molar-refractivity contribution is 5.54. The molecule has 0 radical (unpaired) electrons. The number of ether oxygens (including phenoxy) is 1. The smallest absolute Gasteiger partial charge is 0.170 e. The predicted molar refractivity (Wildman–Crippen MR) is 119 cm³/mol. The Morgan fingerprint density at radius 3 is 2.34 bits per heavy atom. The number of fused-ring (bicyclic) bond motifs is 1. The predicted octanol–water partition coefficient (Wildman–Crippen LogP) is 3.62. The maximum atomic E-state index is 10.2. The fourth-order valence-corrected chi connectivity index (χ4v) is 4.89. The second-order valence-electron chi connectivity index (χ2n) is 8.14. The summed E-state index contributed by atoms with van der Waals surface area (Å²) < 4.78 is 5.28. The summed E-state index contributed by atoms with van der Waals surface area (Å²) in [5, 5.41) is 30.3. The summed E-state index contributed by atoms with van der Waals surface area (Å²) in [6.45, 7) is 1.26. The molecule has 0 amide bonds. The number of nitrogens with zero attached hydrogens (tertiary/aromatic N) is 4. The van der Waals surface area contributed by atoms with Crippen LogP contribution in [0.4, 0.5) is 0 Å². The van der Waals surface area contributed by atoms with Crippen molar-refractivity contribution in [2.24, 2.45) is 17.1 Å². The normalized spacial score (nSPS) is 23.5. The number of methoxy groups -OCH3 is 1. The number of hydrogen-bond acceptors (Lipinski definition) is 6. The van der Waals surface area contributed by atoms with Gasteiger partial charge < -0.3 is 15.4 Å². The van der Waals surface area contributed by atoms with E-state index in [4.69, 9.17) is 10.5 Å². The fraction of sp³-hybridized carbons (Fsp3) is 0.269. The third-order valence-electron chi connectivity index (χ3n) is 6.49. The van der Waals surface area contributed by atoms with Gasteiger partial charge in [0.05, 0.1) is 36.9 Å². The zero-order valence-electron chi connectivity index (χ0n) is 17.8. The van der Waals surface area contributed by atoms with E-state index >= 15 is 0 Å². The second-order valence-corrected chi connectivity index (χ2v) is 8.14. The highest BCUT2D eigenvalue weighted by Gasteiger charge is 2.56. The van der Waals surface area contributed by atoms with E-state index in [0.717, 1.165) is 16.7 Å². The van der Waals surface area contributed by atoms with Crippen molar-refractivity contribution in [3.63, 3.8) is 0 Å². The first-order chi connectivity index (χ1) is 15.6. The lowest BCUT2D eigenvalue weighted by Gasteiger charge is -2.47. The summed E-state index contributed by atoms with van der Waals surface area (Å²) in [6, 6.07) is 23.1. The lowest BCUT2D eigenvalue weighted by molar-refractivity contribution is 0.211. The van der Waals surface area contributed by atoms with E-state index in [-0.39, 0.29) is 5.92 Å². The molecular weight excluding hydrogens is 398 g/mol. The molecule has 2 aromatic carbocycles. The van der Waals surface area contributed by atoms with Gasteiger partial charge >= 0.3 is 0 Å². The van der Waals surface area contributed by atoms with Gasteiger partial charge in [-0.3, -0.25) is 0 Å². The van der Waals surface area contributed by atoms with Crippen LogP contribution in [0.1, 0.15) is 17.0 Å². The molecule has 0 aromatic heterocycles. The molecule has 0 spiro atoms. The third kappa shape index (κ3) is 3.40. The minimum atomic E-state index is -1.56. The summed E-state index contributed by atoms with van der Waals surface area (Å²) in [5.74, 6) is -0.0318. The molecule has 2 aromatic rings. The number of hydrogen-bond donors (Lipinski definition) is 1. The minimum absolute atomic E-state index is 0.231. The molecule has 2 N–H and O–H groups in total. The van der Waals surface area contributed by atoms with Crippen molar-refractivity contribution >= 4 is 0 Å². The quantitative estimate of drug-likeness (QED) is 0.807. The number of benzene rings is 2. The van der Waals surface area contributed by atoms with E-state index in [0.29, 0.717) is 24.4 Å². The van der Waals surface area contributed by atoms with Crippen LogP contribution in [0.5, 0.6) is 5.75 Å². The zero-order chi connectivity index (χ0) is 22.7. The zero-order valence-corrected chi connectivity index (χ0v) is 17.8. The number of nitriles is 3. The second kappa shape index (κ2) is 8.60. The Balaban J connectivity index is 1.83. The van der Waals surface area contributed by atoms with E-state index in [9.17, 15) is 15.8 Å². The molecule has 6 heteroatoms. The van der Waals surface area contributed by atoms with Gasteiger partial charge in [-0.05, 0) is 41.1 Å². The Bertz CT molecular complexity index is 1160. The van der Waals surface area contributed by atoms with E-state index in [2.05, 4.69) is 35.2 Å². The molecule has 0 saturated heterocycles. The Labute approximate surface area is 188 Å². The maximum absolute atomic E-state index is 10.2. The number of allylic oxidation sites excluding steroid dienone is 1. The molecule has 3 unspecified atom stereocenters. The number of nitrogens with two attached hydrogens (primary N) is 1. The molecule has 158 valence electrons. The first-order valence-corrected chi connectivity index (χ1v) is 10.4. The van der Waals surface area contributed by atoms with Gasteiger partial charge in [0.15, 0.2) is 5.41 Å². The SMILES string of the molecule is COc1ccc(C2C3CN(Cc4ccccc4)C=CC3=C(C#N)C(N)C2(C#N)C#N)cc1. The largest absolute Gasteiger partial charge is 0.497 e. The van der Waals surface area contributed by atoms with Crippen LogP contribution in [-0.4, -0.2) is 24.6 Å². The molecule has 2 aliphatic rings. The van der Waals surface area contributed by atoms with Crippen molar-refractivity contribution < 1.29 is 4.74 Å². The Hall–Kier alpha value is -4.05. The molecule has 3 atom stereocenters. The molecule has 1 aliphatic carbocycles. The summed E-state index contributed by atoms with van der Waals surface area (Å²) in [6.07, 6.45) is 3.89. The summed E-state index contributed by atoms with van der Waals surface area (Å²) in [7, 11) is 1.59. The van der Waals surface area contributed by atoms with Gasteiger partial charge in [-0.25, -0.2) is 0 Å². The molecule has 1 heterocycles. The maximum Gasteiger partial charge on any atom is 0.170 e. The van der Waals surface area contributed by atoms with E-state index < -0.39 is 17.4 Å². The average Bonchev–Trinajstić information content (AvgIpc) is 2.84. The van der Waals surface area contributed by atoms with Crippen LogP contribution in [0, 0.1) is 45.3 Å². The van der Waals surface area contributed by atoms with Crippen LogP contribution in [0.2, 0.25) is 0 Å². The molecule has 0 bridgehead atoms. The first kappa shape index (κ1) is 21.2. The fourth-order valence-electron chi connectivity index (χ4n) is 4.89. The van der Waals surface area contributed by atoms with Gasteiger partial charge in [-0.1, -0.05) is 42.5 Å².